The molecule has 0 saturated carbocycles. The van der Waals surface area contributed by atoms with E-state index in [1.165, 1.54) is 10.4 Å². The van der Waals surface area contributed by atoms with Crippen LogP contribution < -0.4 is 4.72 Å². The Morgan fingerprint density at radius 2 is 1.80 bits per heavy atom. The average molecular weight is 475 g/mol. The first-order valence-corrected chi connectivity index (χ1v) is 12.2. The zero-order valence-electron chi connectivity index (χ0n) is 13.8. The van der Waals surface area contributed by atoms with Crippen molar-refractivity contribution in [2.45, 2.75) is 11.3 Å². The molecule has 0 amide bonds. The summed E-state index contributed by atoms with van der Waals surface area (Å²) in [5.74, 6) is 0. The molecule has 0 bridgehead atoms. The topological polar surface area (TPSA) is 86.8 Å². The molecule has 11 heteroatoms. The van der Waals surface area contributed by atoms with Crippen molar-refractivity contribution >= 4 is 47.6 Å². The van der Waals surface area contributed by atoms with Crippen LogP contribution in [0.4, 0.5) is 0 Å². The Morgan fingerprint density at radius 1 is 1.16 bits per heavy atom. The molecule has 2 rings (SSSR count). The summed E-state index contributed by atoms with van der Waals surface area (Å²) in [4.78, 5) is 2.24. The number of hydrogen-bond acceptors (Lipinski definition) is 5. The first kappa shape index (κ1) is 21.1. The molecule has 0 radical (unpaired) electrons. The van der Waals surface area contributed by atoms with Crippen LogP contribution in [0, 0.1) is 0 Å². The second-order valence-electron chi connectivity index (χ2n) is 5.84. The summed E-state index contributed by atoms with van der Waals surface area (Å²) in [6, 6.07) is 4.73. The Kier molecular flexibility index (Phi) is 7.28. The highest BCUT2D eigenvalue weighted by Gasteiger charge is 2.29. The fourth-order valence-electron chi connectivity index (χ4n) is 2.58. The van der Waals surface area contributed by atoms with Gasteiger partial charge in [-0.05, 0) is 31.2 Å². The molecule has 1 saturated heterocycles. The van der Waals surface area contributed by atoms with Crippen LogP contribution in [0.5, 0.6) is 0 Å². The molecule has 7 nitrogen and oxygen atoms in total. The zero-order valence-corrected chi connectivity index (χ0v) is 17.8. The van der Waals surface area contributed by atoms with Crippen molar-refractivity contribution in [3.05, 3.63) is 27.7 Å². The van der Waals surface area contributed by atoms with Crippen LogP contribution in [0.3, 0.4) is 0 Å². The summed E-state index contributed by atoms with van der Waals surface area (Å²) in [6.07, 6.45) is 1.81. The van der Waals surface area contributed by atoms with Gasteiger partial charge < -0.3 is 4.90 Å². The Hall–Kier alpha value is -0.230. The van der Waals surface area contributed by atoms with Gasteiger partial charge >= 0.3 is 0 Å². The van der Waals surface area contributed by atoms with Gasteiger partial charge in [0.15, 0.2) is 0 Å². The molecule has 1 heterocycles. The second kappa shape index (κ2) is 8.64. The fourth-order valence-corrected chi connectivity index (χ4v) is 5.53. The molecular weight excluding hydrogens is 454 g/mol. The number of nitrogens with one attached hydrogen (secondary N) is 1. The number of benzene rings is 1. The third-order valence-corrected chi connectivity index (χ3v) is 7.46. The van der Waals surface area contributed by atoms with Gasteiger partial charge in [0.1, 0.15) is 4.90 Å². The Balaban J connectivity index is 1.88. The van der Waals surface area contributed by atoms with Crippen LogP contribution in [-0.2, 0) is 20.0 Å². The molecular formula is C14H21BrClN3O4S2. The lowest BCUT2D eigenvalue weighted by molar-refractivity contribution is 0.187. The van der Waals surface area contributed by atoms with E-state index in [-0.39, 0.29) is 9.92 Å². The van der Waals surface area contributed by atoms with E-state index in [9.17, 15) is 16.8 Å². The number of sulfonamides is 2. The van der Waals surface area contributed by atoms with Crippen LogP contribution in [0.15, 0.2) is 27.6 Å². The molecule has 142 valence electrons. The third kappa shape index (κ3) is 6.16. The molecule has 0 aromatic heterocycles. The van der Waals surface area contributed by atoms with Gasteiger partial charge in [0.25, 0.3) is 0 Å². The molecule has 0 spiro atoms. The number of nitrogens with zero attached hydrogens (tertiary/aromatic N) is 2. The first-order valence-electron chi connectivity index (χ1n) is 7.72. The molecule has 0 atom stereocenters. The molecule has 0 unspecified atom stereocenters. The van der Waals surface area contributed by atoms with E-state index >= 15 is 0 Å². The summed E-state index contributed by atoms with van der Waals surface area (Å²) in [5, 5.41) is 0.198. The minimum atomic E-state index is -3.62. The lowest BCUT2D eigenvalue weighted by Gasteiger charge is -2.34. The van der Waals surface area contributed by atoms with Crippen molar-refractivity contribution in [2.75, 3.05) is 45.5 Å². The van der Waals surface area contributed by atoms with Gasteiger partial charge in [0.05, 0.1) is 11.3 Å². The smallest absolute Gasteiger partial charge is 0.244 e. The zero-order chi connectivity index (χ0) is 18.7. The van der Waals surface area contributed by atoms with Gasteiger partial charge in [-0.1, -0.05) is 27.5 Å². The van der Waals surface area contributed by atoms with Crippen LogP contribution in [0.2, 0.25) is 5.02 Å². The summed E-state index contributed by atoms with van der Waals surface area (Å²) < 4.78 is 52.1. The SMILES string of the molecule is CS(=O)(=O)NCCCN1CCN(S(=O)(=O)c2ccc(Br)cc2Cl)CC1. The molecule has 0 aliphatic carbocycles. The molecule has 1 aromatic carbocycles. The van der Waals surface area contributed by atoms with E-state index in [2.05, 4.69) is 25.6 Å². The molecule has 1 aliphatic rings. The van der Waals surface area contributed by atoms with Gasteiger partial charge in [-0.25, -0.2) is 21.6 Å². The van der Waals surface area contributed by atoms with E-state index in [1.807, 2.05) is 0 Å². The van der Waals surface area contributed by atoms with Gasteiger partial charge in [-0.15, -0.1) is 0 Å². The van der Waals surface area contributed by atoms with E-state index in [0.29, 0.717) is 39.1 Å². The number of rotatable bonds is 7. The second-order valence-corrected chi connectivity index (χ2v) is 10.9. The highest BCUT2D eigenvalue weighted by atomic mass is 79.9. The molecule has 1 fully saturated rings. The summed E-state index contributed by atoms with van der Waals surface area (Å²) in [6.45, 7) is 3.07. The van der Waals surface area contributed by atoms with Gasteiger partial charge in [-0.2, -0.15) is 4.31 Å². The maximum Gasteiger partial charge on any atom is 0.244 e. The quantitative estimate of drug-likeness (QED) is 0.603. The van der Waals surface area contributed by atoms with Crippen LogP contribution in [0.1, 0.15) is 6.42 Å². The lowest BCUT2D eigenvalue weighted by Crippen LogP contribution is -2.49. The minimum absolute atomic E-state index is 0.114. The Bertz CT molecular complexity index is 809. The van der Waals surface area contributed by atoms with Gasteiger partial charge in [0, 0.05) is 37.2 Å². The monoisotopic (exact) mass is 473 g/mol. The normalized spacial score (nSPS) is 17.7. The predicted octanol–water partition coefficient (Wildman–Crippen LogP) is 1.35. The van der Waals surface area contributed by atoms with E-state index in [4.69, 9.17) is 11.6 Å². The largest absolute Gasteiger partial charge is 0.301 e. The molecule has 1 aliphatic heterocycles. The molecule has 1 aromatic rings. The Morgan fingerprint density at radius 3 is 2.36 bits per heavy atom. The number of hydrogen-bond donors (Lipinski definition) is 1. The van der Waals surface area contributed by atoms with E-state index < -0.39 is 20.0 Å². The van der Waals surface area contributed by atoms with E-state index in [1.54, 1.807) is 12.1 Å². The van der Waals surface area contributed by atoms with Crippen LogP contribution >= 0.6 is 27.5 Å². The Labute approximate surface area is 162 Å². The van der Waals surface area contributed by atoms with Crippen molar-refractivity contribution in [3.63, 3.8) is 0 Å². The van der Waals surface area contributed by atoms with Crippen molar-refractivity contribution in [1.82, 2.24) is 13.9 Å². The summed E-state index contributed by atoms with van der Waals surface area (Å²) in [7, 11) is -6.78. The van der Waals surface area contributed by atoms with Crippen molar-refractivity contribution in [1.29, 1.82) is 0 Å². The predicted molar refractivity (Wildman–Crippen MR) is 102 cm³/mol. The average Bonchev–Trinajstić information content (AvgIpc) is 2.51. The third-order valence-electron chi connectivity index (χ3n) is 3.86. The van der Waals surface area contributed by atoms with Crippen molar-refractivity contribution in [3.8, 4) is 0 Å². The highest BCUT2D eigenvalue weighted by molar-refractivity contribution is 9.10. The molecule has 1 N–H and O–H groups in total. The lowest BCUT2D eigenvalue weighted by atomic mass is 10.3. The summed E-state index contributed by atoms with van der Waals surface area (Å²) >= 11 is 9.35. The van der Waals surface area contributed by atoms with Gasteiger partial charge in [0.2, 0.25) is 20.0 Å². The first-order chi connectivity index (χ1) is 11.6. The summed E-state index contributed by atoms with van der Waals surface area (Å²) in [5.41, 5.74) is 0. The van der Waals surface area contributed by atoms with Crippen LogP contribution in [-0.4, -0.2) is 71.6 Å². The minimum Gasteiger partial charge on any atom is -0.301 e. The fraction of sp³-hybridized carbons (Fsp3) is 0.571. The highest BCUT2D eigenvalue weighted by Crippen LogP contribution is 2.28. The van der Waals surface area contributed by atoms with E-state index in [0.717, 1.165) is 17.3 Å². The number of halogens is 2. The maximum absolute atomic E-state index is 12.7. The number of piperazine rings is 1. The van der Waals surface area contributed by atoms with Gasteiger partial charge in [-0.3, -0.25) is 0 Å². The molecule has 25 heavy (non-hydrogen) atoms. The maximum atomic E-state index is 12.7. The van der Waals surface area contributed by atoms with Crippen molar-refractivity contribution < 1.29 is 16.8 Å². The standard InChI is InChI=1S/C14H21BrClN3O4S2/c1-24(20,21)17-5-2-6-18-7-9-19(10-8-18)25(22,23)14-4-3-12(15)11-13(14)16/h3-4,11,17H,2,5-10H2,1H3. The van der Waals surface area contributed by atoms with Crippen molar-refractivity contribution in [2.24, 2.45) is 0 Å². The van der Waals surface area contributed by atoms with Crippen LogP contribution in [0.25, 0.3) is 0 Å².